The average Bonchev–Trinajstić information content (AvgIpc) is 2.38. The highest BCUT2D eigenvalue weighted by Crippen LogP contribution is 2.29. The minimum absolute atomic E-state index is 0.284. The summed E-state index contributed by atoms with van der Waals surface area (Å²) in [6.07, 6.45) is -1.38. The Labute approximate surface area is 108 Å². The molecule has 19 heavy (non-hydrogen) atoms. The lowest BCUT2D eigenvalue weighted by molar-refractivity contribution is -0.137. The summed E-state index contributed by atoms with van der Waals surface area (Å²) in [4.78, 5) is 5.56. The normalized spacial score (nSPS) is 15.1. The van der Waals surface area contributed by atoms with Crippen molar-refractivity contribution in [2.75, 3.05) is 6.54 Å². The Morgan fingerprint density at radius 3 is 2.84 bits per heavy atom. The molecule has 3 nitrogen and oxygen atoms in total. The number of halogens is 3. The number of nitrogens with zero attached hydrogens (tertiary/aromatic N) is 3. The van der Waals surface area contributed by atoms with Gasteiger partial charge in [-0.2, -0.15) is 18.4 Å². The first kappa shape index (κ1) is 13.1. The molecule has 0 amide bonds. The second kappa shape index (κ2) is 5.14. The van der Waals surface area contributed by atoms with Crippen molar-refractivity contribution in [2.24, 2.45) is 4.99 Å². The van der Waals surface area contributed by atoms with Gasteiger partial charge in [-0.1, -0.05) is 12.1 Å². The van der Waals surface area contributed by atoms with E-state index in [1.165, 1.54) is 18.6 Å². The molecule has 0 saturated heterocycles. The summed E-state index contributed by atoms with van der Waals surface area (Å²) in [5.74, 6) is 0. The summed E-state index contributed by atoms with van der Waals surface area (Å²) in [6.45, 7) is 0.642. The minimum Gasteiger partial charge on any atom is -0.353 e. The van der Waals surface area contributed by atoms with Crippen LogP contribution in [0.2, 0.25) is 0 Å². The van der Waals surface area contributed by atoms with Gasteiger partial charge in [-0.3, -0.25) is 0 Å². The molecule has 0 aromatic heterocycles. The Hall–Kier alpha value is -2.29. The van der Waals surface area contributed by atoms with Crippen LogP contribution < -0.4 is 0 Å². The van der Waals surface area contributed by atoms with Crippen molar-refractivity contribution in [1.29, 1.82) is 5.26 Å². The molecule has 0 saturated carbocycles. The fourth-order valence-electron chi connectivity index (χ4n) is 1.76. The fourth-order valence-corrected chi connectivity index (χ4v) is 1.76. The van der Waals surface area contributed by atoms with Crippen LogP contribution in [0.3, 0.4) is 0 Å². The van der Waals surface area contributed by atoms with Crippen LogP contribution in [-0.4, -0.2) is 17.8 Å². The SMILES string of the molecule is N#CC1=CN=CN(Cc2cccc(C(F)(F)F)c2)C1. The summed E-state index contributed by atoms with van der Waals surface area (Å²) in [5, 5.41) is 8.76. The van der Waals surface area contributed by atoms with Crippen molar-refractivity contribution in [2.45, 2.75) is 12.7 Å². The molecule has 0 aliphatic carbocycles. The Morgan fingerprint density at radius 2 is 2.16 bits per heavy atom. The molecular formula is C13H10F3N3. The van der Waals surface area contributed by atoms with Gasteiger partial charge >= 0.3 is 6.18 Å². The van der Waals surface area contributed by atoms with Gasteiger partial charge in [0.1, 0.15) is 0 Å². The van der Waals surface area contributed by atoms with Gasteiger partial charge in [0.2, 0.25) is 0 Å². The summed E-state index contributed by atoms with van der Waals surface area (Å²) in [7, 11) is 0. The van der Waals surface area contributed by atoms with Gasteiger partial charge in [0, 0.05) is 12.7 Å². The second-order valence-corrected chi connectivity index (χ2v) is 4.13. The maximum absolute atomic E-state index is 12.6. The maximum Gasteiger partial charge on any atom is 0.416 e. The molecule has 0 radical (unpaired) electrons. The zero-order valence-electron chi connectivity index (χ0n) is 9.85. The van der Waals surface area contributed by atoms with Gasteiger partial charge in [0.15, 0.2) is 0 Å². The highest BCUT2D eigenvalue weighted by atomic mass is 19.4. The van der Waals surface area contributed by atoms with Crippen molar-refractivity contribution in [3.8, 4) is 6.07 Å². The van der Waals surface area contributed by atoms with E-state index in [1.54, 1.807) is 11.0 Å². The van der Waals surface area contributed by atoms with Crippen LogP contribution in [-0.2, 0) is 12.7 Å². The maximum atomic E-state index is 12.6. The highest BCUT2D eigenvalue weighted by Gasteiger charge is 2.30. The van der Waals surface area contributed by atoms with Crippen molar-refractivity contribution in [3.63, 3.8) is 0 Å². The molecule has 0 spiro atoms. The first-order valence-electron chi connectivity index (χ1n) is 5.51. The lowest BCUT2D eigenvalue weighted by atomic mass is 10.1. The molecule has 1 heterocycles. The monoisotopic (exact) mass is 265 g/mol. The number of rotatable bonds is 2. The smallest absolute Gasteiger partial charge is 0.353 e. The topological polar surface area (TPSA) is 39.4 Å². The molecule has 6 heteroatoms. The van der Waals surface area contributed by atoms with E-state index in [9.17, 15) is 13.2 Å². The molecule has 0 N–H and O–H groups in total. The van der Waals surface area contributed by atoms with E-state index in [0.717, 1.165) is 12.1 Å². The van der Waals surface area contributed by atoms with Gasteiger partial charge in [0.05, 0.1) is 30.1 Å². The number of hydrogen-bond acceptors (Lipinski definition) is 3. The van der Waals surface area contributed by atoms with Crippen molar-refractivity contribution in [3.05, 3.63) is 47.2 Å². The Bertz CT molecular complexity index is 567. The molecule has 0 bridgehead atoms. The number of aliphatic imine (C=N–C) groups is 1. The Balaban J connectivity index is 2.11. The second-order valence-electron chi connectivity index (χ2n) is 4.13. The van der Waals surface area contributed by atoms with Crippen LogP contribution >= 0.6 is 0 Å². The molecule has 0 atom stereocenters. The van der Waals surface area contributed by atoms with Crippen LogP contribution in [0, 0.1) is 11.3 Å². The Morgan fingerprint density at radius 1 is 1.37 bits per heavy atom. The van der Waals surface area contributed by atoms with Gasteiger partial charge in [-0.15, -0.1) is 0 Å². The minimum atomic E-state index is -4.34. The van der Waals surface area contributed by atoms with Crippen molar-refractivity contribution < 1.29 is 13.2 Å². The molecule has 1 aromatic rings. The van der Waals surface area contributed by atoms with Crippen molar-refractivity contribution >= 4 is 6.34 Å². The number of nitriles is 1. The van der Waals surface area contributed by atoms with E-state index in [0.29, 0.717) is 17.7 Å². The van der Waals surface area contributed by atoms with Gasteiger partial charge < -0.3 is 4.90 Å². The first-order valence-corrected chi connectivity index (χ1v) is 5.51. The molecule has 1 aromatic carbocycles. The fraction of sp³-hybridized carbons (Fsp3) is 0.231. The van der Waals surface area contributed by atoms with E-state index in [1.807, 2.05) is 6.07 Å². The Kier molecular flexibility index (Phi) is 3.56. The largest absolute Gasteiger partial charge is 0.416 e. The third-order valence-electron chi connectivity index (χ3n) is 2.62. The van der Waals surface area contributed by atoms with Crippen LogP contribution in [0.5, 0.6) is 0 Å². The van der Waals surface area contributed by atoms with E-state index in [2.05, 4.69) is 4.99 Å². The molecule has 0 unspecified atom stereocenters. The van der Waals surface area contributed by atoms with Crippen LogP contribution in [0.25, 0.3) is 0 Å². The van der Waals surface area contributed by atoms with E-state index in [-0.39, 0.29) is 6.54 Å². The standard InChI is InChI=1S/C13H10F3N3/c14-13(15,16)12-3-1-2-10(4-12)7-19-8-11(5-17)6-18-9-19/h1-4,6,9H,7-8H2. The lowest BCUT2D eigenvalue weighted by Crippen LogP contribution is -2.25. The van der Waals surface area contributed by atoms with Gasteiger partial charge in [-0.05, 0) is 17.7 Å². The molecule has 1 aliphatic heterocycles. The van der Waals surface area contributed by atoms with Gasteiger partial charge in [-0.25, -0.2) is 4.99 Å². The number of hydrogen-bond donors (Lipinski definition) is 0. The van der Waals surface area contributed by atoms with Gasteiger partial charge in [0.25, 0.3) is 0 Å². The molecule has 1 aliphatic rings. The lowest BCUT2D eigenvalue weighted by Gasteiger charge is -2.21. The van der Waals surface area contributed by atoms with Crippen LogP contribution in [0.4, 0.5) is 13.2 Å². The molecule has 0 fully saturated rings. The predicted octanol–water partition coefficient (Wildman–Crippen LogP) is 2.96. The van der Waals surface area contributed by atoms with Crippen molar-refractivity contribution in [1.82, 2.24) is 4.90 Å². The zero-order chi connectivity index (χ0) is 13.9. The summed E-state index contributed by atoms with van der Waals surface area (Å²) < 4.78 is 37.7. The summed E-state index contributed by atoms with van der Waals surface area (Å²) in [5.41, 5.74) is 0.338. The summed E-state index contributed by atoms with van der Waals surface area (Å²) >= 11 is 0. The van der Waals surface area contributed by atoms with E-state index in [4.69, 9.17) is 5.26 Å². The molecule has 2 rings (SSSR count). The third-order valence-corrected chi connectivity index (χ3v) is 2.62. The van der Waals surface area contributed by atoms with Crippen LogP contribution in [0.15, 0.2) is 41.0 Å². The van der Waals surface area contributed by atoms with E-state index < -0.39 is 11.7 Å². The zero-order valence-corrected chi connectivity index (χ0v) is 9.85. The number of benzene rings is 1. The van der Waals surface area contributed by atoms with Crippen LogP contribution in [0.1, 0.15) is 11.1 Å². The third kappa shape index (κ3) is 3.35. The number of alkyl halides is 3. The highest BCUT2D eigenvalue weighted by molar-refractivity contribution is 5.59. The first-order chi connectivity index (χ1) is 8.99. The predicted molar refractivity (Wildman–Crippen MR) is 64.0 cm³/mol. The molecular weight excluding hydrogens is 255 g/mol. The van der Waals surface area contributed by atoms with E-state index >= 15 is 0 Å². The summed E-state index contributed by atoms with van der Waals surface area (Å²) in [6, 6.07) is 7.12. The quantitative estimate of drug-likeness (QED) is 0.824. The average molecular weight is 265 g/mol. The molecule has 98 valence electrons.